The van der Waals surface area contributed by atoms with Gasteiger partial charge in [-0.2, -0.15) is 0 Å². The van der Waals surface area contributed by atoms with Crippen LogP contribution in [0, 0.1) is 0 Å². The monoisotopic (exact) mass is 319 g/mol. The number of amides is 4. The minimum absolute atomic E-state index is 0.153. The van der Waals surface area contributed by atoms with Gasteiger partial charge in [0.2, 0.25) is 12.7 Å². The van der Waals surface area contributed by atoms with Crippen molar-refractivity contribution in [3.63, 3.8) is 0 Å². The maximum absolute atomic E-state index is 11.8. The van der Waals surface area contributed by atoms with E-state index in [0.717, 1.165) is 17.1 Å². The van der Waals surface area contributed by atoms with Crippen LogP contribution in [0.25, 0.3) is 0 Å². The van der Waals surface area contributed by atoms with Crippen molar-refractivity contribution >= 4 is 17.8 Å². The average Bonchev–Trinajstić information content (AvgIpc) is 3.10. The molecule has 0 aromatic heterocycles. The molecule has 0 saturated carbocycles. The molecule has 1 fully saturated rings. The van der Waals surface area contributed by atoms with Gasteiger partial charge in [-0.3, -0.25) is 14.9 Å². The third kappa shape index (κ3) is 3.71. The molecule has 8 nitrogen and oxygen atoms in total. The molecule has 3 N–H and O–H groups in total. The van der Waals surface area contributed by atoms with Gasteiger partial charge in [-0.15, -0.1) is 0 Å². The Bertz CT molecular complexity index is 646. The molecule has 23 heavy (non-hydrogen) atoms. The smallest absolute Gasteiger partial charge is 0.322 e. The number of carbonyl (C=O) groups is 3. The minimum atomic E-state index is -0.623. The van der Waals surface area contributed by atoms with Crippen molar-refractivity contribution in [3.05, 3.63) is 23.8 Å². The molecule has 0 aliphatic carbocycles. The first-order valence-electron chi connectivity index (χ1n) is 7.38. The number of benzene rings is 1. The quantitative estimate of drug-likeness (QED) is 0.643. The third-order valence-corrected chi connectivity index (χ3v) is 3.69. The highest BCUT2D eigenvalue weighted by atomic mass is 16.7. The Morgan fingerprint density at radius 2 is 2.09 bits per heavy atom. The zero-order chi connectivity index (χ0) is 16.2. The lowest BCUT2D eigenvalue weighted by atomic mass is 10.1. The fraction of sp³-hybridized carbons (Fsp3) is 0.400. The van der Waals surface area contributed by atoms with Gasteiger partial charge in [0.15, 0.2) is 11.5 Å². The molecule has 0 spiro atoms. The third-order valence-electron chi connectivity index (χ3n) is 3.69. The molecule has 2 aliphatic heterocycles. The predicted molar refractivity (Wildman–Crippen MR) is 79.0 cm³/mol. The molecule has 2 aliphatic rings. The molecule has 122 valence electrons. The van der Waals surface area contributed by atoms with E-state index in [-0.39, 0.29) is 31.4 Å². The topological polar surface area (TPSA) is 106 Å². The van der Waals surface area contributed by atoms with Gasteiger partial charge < -0.3 is 20.1 Å². The highest BCUT2D eigenvalue weighted by Gasteiger charge is 2.29. The Kier molecular flexibility index (Phi) is 4.31. The van der Waals surface area contributed by atoms with Crippen molar-refractivity contribution in [2.45, 2.75) is 25.3 Å². The standard InChI is InChI=1S/C15H17N3O5/c19-13(4-2-10-14(20)18-15(21)17-10)16-6-5-9-1-3-11-12(7-9)23-8-22-11/h1,3,7,10H,2,4-6,8H2,(H,16,19)(H2,17,18,20,21). The van der Waals surface area contributed by atoms with E-state index >= 15 is 0 Å². The summed E-state index contributed by atoms with van der Waals surface area (Å²) in [7, 11) is 0. The fourth-order valence-electron chi connectivity index (χ4n) is 2.47. The van der Waals surface area contributed by atoms with E-state index in [2.05, 4.69) is 16.0 Å². The largest absolute Gasteiger partial charge is 0.454 e. The second-order valence-corrected chi connectivity index (χ2v) is 5.34. The second-order valence-electron chi connectivity index (χ2n) is 5.34. The summed E-state index contributed by atoms with van der Waals surface area (Å²) in [5.41, 5.74) is 1.04. The van der Waals surface area contributed by atoms with Gasteiger partial charge >= 0.3 is 6.03 Å². The van der Waals surface area contributed by atoms with E-state index in [1.807, 2.05) is 18.2 Å². The van der Waals surface area contributed by atoms with Gasteiger partial charge in [-0.1, -0.05) is 6.07 Å². The van der Waals surface area contributed by atoms with Crippen molar-refractivity contribution in [2.75, 3.05) is 13.3 Å². The highest BCUT2D eigenvalue weighted by molar-refractivity contribution is 6.04. The van der Waals surface area contributed by atoms with Crippen LogP contribution in [-0.2, 0) is 16.0 Å². The molecule has 1 atom stereocenters. The maximum Gasteiger partial charge on any atom is 0.322 e. The second kappa shape index (κ2) is 6.55. The van der Waals surface area contributed by atoms with E-state index in [9.17, 15) is 14.4 Å². The van der Waals surface area contributed by atoms with E-state index in [1.165, 1.54) is 0 Å². The van der Waals surface area contributed by atoms with Crippen LogP contribution in [0.1, 0.15) is 18.4 Å². The van der Waals surface area contributed by atoms with Crippen LogP contribution in [0.2, 0.25) is 0 Å². The number of nitrogens with one attached hydrogen (secondary N) is 3. The summed E-state index contributed by atoms with van der Waals surface area (Å²) in [4.78, 5) is 34.1. The molecule has 0 bridgehead atoms. The molecule has 0 radical (unpaired) electrons. The molecular weight excluding hydrogens is 302 g/mol. The van der Waals surface area contributed by atoms with Gasteiger partial charge in [0.1, 0.15) is 6.04 Å². The number of hydrogen-bond donors (Lipinski definition) is 3. The minimum Gasteiger partial charge on any atom is -0.454 e. The molecule has 8 heteroatoms. The van der Waals surface area contributed by atoms with Crippen molar-refractivity contribution in [2.24, 2.45) is 0 Å². The summed E-state index contributed by atoms with van der Waals surface area (Å²) in [6, 6.07) is 4.54. The van der Waals surface area contributed by atoms with Crippen LogP contribution in [0.3, 0.4) is 0 Å². The van der Waals surface area contributed by atoms with Crippen LogP contribution < -0.4 is 25.4 Å². The van der Waals surface area contributed by atoms with Crippen LogP contribution in [-0.4, -0.2) is 37.2 Å². The van der Waals surface area contributed by atoms with Gasteiger partial charge in [0.25, 0.3) is 5.91 Å². The first-order chi connectivity index (χ1) is 11.1. The summed E-state index contributed by atoms with van der Waals surface area (Å²) in [5.74, 6) is 0.911. The Morgan fingerprint density at radius 3 is 2.87 bits per heavy atom. The summed E-state index contributed by atoms with van der Waals surface area (Å²) in [6.07, 6.45) is 1.13. The number of imide groups is 1. The number of fused-ring (bicyclic) bond motifs is 1. The van der Waals surface area contributed by atoms with Crippen molar-refractivity contribution in [3.8, 4) is 11.5 Å². The van der Waals surface area contributed by atoms with Crippen molar-refractivity contribution in [1.29, 1.82) is 0 Å². The average molecular weight is 319 g/mol. The lowest BCUT2D eigenvalue weighted by Crippen LogP contribution is -2.32. The maximum atomic E-state index is 11.8. The molecular formula is C15H17N3O5. The Morgan fingerprint density at radius 1 is 1.26 bits per heavy atom. The van der Waals surface area contributed by atoms with E-state index in [1.54, 1.807) is 0 Å². The summed E-state index contributed by atoms with van der Waals surface area (Å²) >= 11 is 0. The van der Waals surface area contributed by atoms with Gasteiger partial charge in [0.05, 0.1) is 0 Å². The van der Waals surface area contributed by atoms with E-state index in [4.69, 9.17) is 9.47 Å². The van der Waals surface area contributed by atoms with Gasteiger partial charge in [0, 0.05) is 13.0 Å². The molecule has 1 aromatic carbocycles. The Hall–Kier alpha value is -2.77. The van der Waals surface area contributed by atoms with Crippen molar-refractivity contribution in [1.82, 2.24) is 16.0 Å². The summed E-state index contributed by atoms with van der Waals surface area (Å²) < 4.78 is 10.5. The Labute approximate surface area is 132 Å². The molecule has 1 unspecified atom stereocenters. The van der Waals surface area contributed by atoms with Crippen LogP contribution in [0.4, 0.5) is 4.79 Å². The fourth-order valence-corrected chi connectivity index (χ4v) is 2.47. The zero-order valence-corrected chi connectivity index (χ0v) is 12.4. The van der Waals surface area contributed by atoms with Gasteiger partial charge in [-0.05, 0) is 30.5 Å². The number of hydrogen-bond acceptors (Lipinski definition) is 5. The van der Waals surface area contributed by atoms with Crippen LogP contribution in [0.15, 0.2) is 18.2 Å². The van der Waals surface area contributed by atoms with Gasteiger partial charge in [-0.25, -0.2) is 4.79 Å². The highest BCUT2D eigenvalue weighted by Crippen LogP contribution is 2.32. The normalized spacial score (nSPS) is 18.5. The predicted octanol–water partition coefficient (Wildman–Crippen LogP) is 0.0622. The SMILES string of the molecule is O=C(CCC1NC(=O)NC1=O)NCCc1ccc2c(c1)OCO2. The molecule has 1 saturated heterocycles. The number of ether oxygens (including phenoxy) is 2. The first kappa shape index (κ1) is 15.1. The number of rotatable bonds is 6. The van der Waals surface area contributed by atoms with E-state index in [0.29, 0.717) is 13.0 Å². The van der Waals surface area contributed by atoms with Crippen molar-refractivity contribution < 1.29 is 23.9 Å². The number of urea groups is 1. The van der Waals surface area contributed by atoms with Crippen LogP contribution in [0.5, 0.6) is 11.5 Å². The molecule has 4 amide bonds. The Balaban J connectivity index is 1.38. The molecule has 2 heterocycles. The summed E-state index contributed by atoms with van der Waals surface area (Å²) in [5, 5.41) is 7.39. The molecule has 1 aromatic rings. The lowest BCUT2D eigenvalue weighted by Gasteiger charge is -2.08. The van der Waals surface area contributed by atoms with Crippen LogP contribution >= 0.6 is 0 Å². The molecule has 3 rings (SSSR count). The zero-order valence-electron chi connectivity index (χ0n) is 12.4. The summed E-state index contributed by atoms with van der Waals surface area (Å²) in [6.45, 7) is 0.725. The lowest BCUT2D eigenvalue weighted by molar-refractivity contribution is -0.122. The first-order valence-corrected chi connectivity index (χ1v) is 7.38. The number of carbonyl (C=O) groups excluding carboxylic acids is 3. The van der Waals surface area contributed by atoms with E-state index < -0.39 is 12.1 Å².